The third-order valence-corrected chi connectivity index (χ3v) is 5.41. The highest BCUT2D eigenvalue weighted by Crippen LogP contribution is 2.19. The summed E-state index contributed by atoms with van der Waals surface area (Å²) in [6.45, 7) is 0. The number of carboxylic acids is 1. The number of benzene rings is 2. The first-order chi connectivity index (χ1) is 16.5. The largest absolute Gasteiger partial charge is 0.480 e. The maximum Gasteiger partial charge on any atom is 0.326 e. The van der Waals surface area contributed by atoms with Gasteiger partial charge in [0, 0.05) is 42.3 Å². The van der Waals surface area contributed by atoms with Crippen molar-refractivity contribution in [2.45, 2.75) is 24.9 Å². The molecule has 0 aliphatic rings. The predicted molar refractivity (Wildman–Crippen MR) is 125 cm³/mol. The number of nitrogens with zero attached hydrogens (tertiary/aromatic N) is 2. The molecule has 4 N–H and O–H groups in total. The molecule has 4 aromatic rings. The Morgan fingerprint density at radius 2 is 1.68 bits per heavy atom. The fraction of sp³-hybridized carbons (Fsp3) is 0.160. The van der Waals surface area contributed by atoms with Crippen LogP contribution in [0.3, 0.4) is 0 Å². The molecule has 0 saturated heterocycles. The third-order valence-electron chi connectivity index (χ3n) is 5.41. The molecule has 0 radical (unpaired) electrons. The van der Waals surface area contributed by atoms with E-state index in [0.717, 1.165) is 22.0 Å². The summed E-state index contributed by atoms with van der Waals surface area (Å²) in [6.07, 6.45) is 6.15. The number of aliphatic carboxylic acids is 1. The second-order valence-corrected chi connectivity index (χ2v) is 7.77. The first-order valence-corrected chi connectivity index (χ1v) is 10.7. The molecule has 4 rings (SSSR count). The van der Waals surface area contributed by atoms with Crippen LogP contribution < -0.4 is 10.6 Å². The van der Waals surface area contributed by atoms with Crippen molar-refractivity contribution in [3.8, 4) is 0 Å². The third kappa shape index (κ3) is 5.44. The zero-order chi connectivity index (χ0) is 23.9. The van der Waals surface area contributed by atoms with Crippen LogP contribution in [0, 0.1) is 0 Å². The van der Waals surface area contributed by atoms with E-state index in [0.29, 0.717) is 0 Å². The Hall–Kier alpha value is -4.53. The van der Waals surface area contributed by atoms with Crippen molar-refractivity contribution in [1.29, 1.82) is 0 Å². The van der Waals surface area contributed by atoms with E-state index < -0.39 is 29.9 Å². The molecule has 0 bridgehead atoms. The lowest BCUT2D eigenvalue weighted by Gasteiger charge is -2.21. The van der Waals surface area contributed by atoms with Gasteiger partial charge in [-0.25, -0.2) is 9.78 Å². The minimum atomic E-state index is -1.16. The quantitative estimate of drug-likeness (QED) is 0.304. The molecule has 2 atom stereocenters. The van der Waals surface area contributed by atoms with Gasteiger partial charge in [-0.15, -0.1) is 0 Å². The van der Waals surface area contributed by atoms with Gasteiger partial charge in [0.05, 0.1) is 6.20 Å². The maximum atomic E-state index is 13.2. The Bertz CT molecular complexity index is 1290. The number of H-pyrrole nitrogens is 1. The fourth-order valence-corrected chi connectivity index (χ4v) is 3.70. The van der Waals surface area contributed by atoms with Crippen LogP contribution in [0.4, 0.5) is 0 Å². The molecule has 2 aromatic carbocycles. The van der Waals surface area contributed by atoms with Crippen molar-refractivity contribution in [3.63, 3.8) is 0 Å². The van der Waals surface area contributed by atoms with Gasteiger partial charge >= 0.3 is 5.97 Å². The summed E-state index contributed by atoms with van der Waals surface area (Å²) in [6, 6.07) is 14.4. The lowest BCUT2D eigenvalue weighted by atomic mass is 10.0. The molecule has 9 heteroatoms. The molecular formula is C25H23N5O4. The molecule has 2 heterocycles. The Balaban J connectivity index is 1.57. The second kappa shape index (κ2) is 10.4. The number of rotatable bonds is 9. The van der Waals surface area contributed by atoms with Gasteiger partial charge < -0.3 is 20.7 Å². The van der Waals surface area contributed by atoms with Gasteiger partial charge in [0.1, 0.15) is 17.8 Å². The first kappa shape index (κ1) is 22.7. The number of carboxylic acid groups (broad SMARTS) is 1. The summed E-state index contributed by atoms with van der Waals surface area (Å²) >= 11 is 0. The van der Waals surface area contributed by atoms with Crippen LogP contribution >= 0.6 is 0 Å². The molecule has 0 saturated carbocycles. The van der Waals surface area contributed by atoms with Crippen LogP contribution in [-0.4, -0.2) is 49.9 Å². The average Bonchev–Trinajstić information content (AvgIpc) is 3.27. The zero-order valence-corrected chi connectivity index (χ0v) is 18.1. The van der Waals surface area contributed by atoms with Crippen LogP contribution in [0.2, 0.25) is 0 Å². The van der Waals surface area contributed by atoms with E-state index >= 15 is 0 Å². The molecule has 2 aromatic heterocycles. The number of para-hydroxylation sites is 1. The average molecular weight is 457 g/mol. The molecule has 172 valence electrons. The van der Waals surface area contributed by atoms with Crippen LogP contribution in [-0.2, 0) is 22.4 Å². The number of aromatic amines is 1. The Labute approximate surface area is 195 Å². The molecule has 0 fully saturated rings. The number of nitrogens with one attached hydrogen (secondary N) is 3. The molecule has 0 spiro atoms. The number of aromatic nitrogens is 3. The summed E-state index contributed by atoms with van der Waals surface area (Å²) in [4.78, 5) is 48.9. The molecule has 0 aliphatic heterocycles. The van der Waals surface area contributed by atoms with E-state index in [-0.39, 0.29) is 18.5 Å². The summed E-state index contributed by atoms with van der Waals surface area (Å²) in [5.41, 5.74) is 2.53. The number of hydrogen-bond donors (Lipinski definition) is 4. The number of amides is 2. The van der Waals surface area contributed by atoms with Crippen molar-refractivity contribution in [2.24, 2.45) is 0 Å². The van der Waals surface area contributed by atoms with Gasteiger partial charge in [0.25, 0.3) is 5.91 Å². The molecule has 34 heavy (non-hydrogen) atoms. The Morgan fingerprint density at radius 1 is 0.912 bits per heavy atom. The first-order valence-electron chi connectivity index (χ1n) is 10.7. The minimum absolute atomic E-state index is 0.0540. The summed E-state index contributed by atoms with van der Waals surface area (Å²) in [5, 5.41) is 15.9. The maximum absolute atomic E-state index is 13.2. The number of fused-ring (bicyclic) bond motifs is 1. The number of carbonyl (C=O) groups is 3. The monoisotopic (exact) mass is 457 g/mol. The summed E-state index contributed by atoms with van der Waals surface area (Å²) in [7, 11) is 0. The number of carbonyl (C=O) groups excluding carboxylic acids is 2. The highest BCUT2D eigenvalue weighted by molar-refractivity contribution is 5.97. The molecule has 0 aliphatic carbocycles. The van der Waals surface area contributed by atoms with Gasteiger partial charge in [-0.3, -0.25) is 14.6 Å². The second-order valence-electron chi connectivity index (χ2n) is 7.77. The van der Waals surface area contributed by atoms with Crippen molar-refractivity contribution in [3.05, 3.63) is 96.2 Å². The van der Waals surface area contributed by atoms with E-state index in [2.05, 4.69) is 25.6 Å². The Morgan fingerprint density at radius 3 is 2.41 bits per heavy atom. The van der Waals surface area contributed by atoms with Gasteiger partial charge in [-0.05, 0) is 17.2 Å². The van der Waals surface area contributed by atoms with E-state index in [1.807, 2.05) is 30.3 Å². The van der Waals surface area contributed by atoms with Crippen LogP contribution in [0.1, 0.15) is 21.6 Å². The lowest BCUT2D eigenvalue weighted by molar-refractivity contribution is -0.142. The van der Waals surface area contributed by atoms with Gasteiger partial charge in [0.2, 0.25) is 5.91 Å². The summed E-state index contributed by atoms with van der Waals surface area (Å²) < 4.78 is 0. The van der Waals surface area contributed by atoms with Crippen molar-refractivity contribution >= 4 is 28.7 Å². The van der Waals surface area contributed by atoms with Crippen molar-refractivity contribution < 1.29 is 19.5 Å². The van der Waals surface area contributed by atoms with Gasteiger partial charge in [0.15, 0.2) is 0 Å². The topological polar surface area (TPSA) is 137 Å². The highest BCUT2D eigenvalue weighted by atomic mass is 16.4. The smallest absolute Gasteiger partial charge is 0.326 e. The highest BCUT2D eigenvalue weighted by Gasteiger charge is 2.28. The van der Waals surface area contributed by atoms with Crippen LogP contribution in [0.15, 0.2) is 79.4 Å². The van der Waals surface area contributed by atoms with Gasteiger partial charge in [-0.1, -0.05) is 48.5 Å². The van der Waals surface area contributed by atoms with Crippen molar-refractivity contribution in [2.75, 3.05) is 0 Å². The molecule has 0 unspecified atom stereocenters. The fourth-order valence-electron chi connectivity index (χ4n) is 3.70. The van der Waals surface area contributed by atoms with Gasteiger partial charge in [-0.2, -0.15) is 0 Å². The SMILES string of the molecule is O=C(N[C@@H](Cc1c[nH]c2ccccc12)C(=O)N[C@@H](Cc1ccccc1)C(=O)O)c1cnccn1. The predicted octanol–water partition coefficient (Wildman–Crippen LogP) is 2.11. The standard InChI is InChI=1S/C25H23N5O4/c31-23(30-21(25(33)34)12-16-6-2-1-3-7-16)20(29-24(32)22-15-26-10-11-27-22)13-17-14-28-19-9-5-4-8-18(17)19/h1-11,14-15,20-21,28H,12-13H2,(H,29,32)(H,30,31)(H,33,34)/t20-,21-/m0/s1. The molecule has 9 nitrogen and oxygen atoms in total. The summed E-state index contributed by atoms with van der Waals surface area (Å²) in [5.74, 6) is -2.35. The van der Waals surface area contributed by atoms with E-state index in [4.69, 9.17) is 0 Å². The van der Waals surface area contributed by atoms with Crippen LogP contribution in [0.25, 0.3) is 10.9 Å². The normalized spacial score (nSPS) is 12.6. The minimum Gasteiger partial charge on any atom is -0.480 e. The van der Waals surface area contributed by atoms with E-state index in [9.17, 15) is 19.5 Å². The lowest BCUT2D eigenvalue weighted by Crippen LogP contribution is -2.53. The Kier molecular flexibility index (Phi) is 6.92. The van der Waals surface area contributed by atoms with Crippen molar-refractivity contribution in [1.82, 2.24) is 25.6 Å². The number of hydrogen-bond acceptors (Lipinski definition) is 5. The van der Waals surface area contributed by atoms with E-state index in [1.165, 1.54) is 18.6 Å². The zero-order valence-electron chi connectivity index (χ0n) is 18.1. The molecular weight excluding hydrogens is 434 g/mol. The van der Waals surface area contributed by atoms with E-state index in [1.54, 1.807) is 30.5 Å². The van der Waals surface area contributed by atoms with Crippen LogP contribution in [0.5, 0.6) is 0 Å². The molecule has 2 amide bonds.